The molecule has 92 valence electrons. The fourth-order valence-electron chi connectivity index (χ4n) is 2.56. The van der Waals surface area contributed by atoms with Gasteiger partial charge in [0.1, 0.15) is 11.4 Å². The van der Waals surface area contributed by atoms with Crippen LogP contribution in [0, 0.1) is 0 Å². The summed E-state index contributed by atoms with van der Waals surface area (Å²) in [6.07, 6.45) is 3.43. The smallest absolute Gasteiger partial charge is 0.143 e. The Hall–Kier alpha value is -0.830. The highest BCUT2D eigenvalue weighted by Gasteiger charge is 2.30. The minimum absolute atomic E-state index is 0.0324. The lowest BCUT2D eigenvalue weighted by Gasteiger charge is -2.34. The molecule has 2 aliphatic rings. The number of rotatable bonds is 2. The summed E-state index contributed by atoms with van der Waals surface area (Å²) in [4.78, 5) is 0. The van der Waals surface area contributed by atoms with Crippen LogP contribution in [0.5, 0.6) is 5.75 Å². The Balaban J connectivity index is 1.83. The van der Waals surface area contributed by atoms with Gasteiger partial charge in [-0.15, -0.1) is 0 Å². The van der Waals surface area contributed by atoms with Gasteiger partial charge in [0.25, 0.3) is 0 Å². The molecule has 3 heteroatoms. The molecule has 2 aliphatic heterocycles. The van der Waals surface area contributed by atoms with Crippen molar-refractivity contribution < 1.29 is 4.74 Å². The Morgan fingerprint density at radius 2 is 2.12 bits per heavy atom. The highest BCUT2D eigenvalue weighted by molar-refractivity contribution is 7.99. The van der Waals surface area contributed by atoms with E-state index >= 15 is 0 Å². The number of fused-ring (bicyclic) bond motifs is 1. The van der Waals surface area contributed by atoms with Crippen molar-refractivity contribution in [2.45, 2.75) is 31.8 Å². The highest BCUT2D eigenvalue weighted by Crippen LogP contribution is 2.38. The van der Waals surface area contributed by atoms with Gasteiger partial charge in [0.15, 0.2) is 0 Å². The molecule has 1 N–H and O–H groups in total. The predicted octanol–water partition coefficient (Wildman–Crippen LogP) is 3.32. The van der Waals surface area contributed by atoms with E-state index in [2.05, 4.69) is 30.4 Å². The van der Waals surface area contributed by atoms with Gasteiger partial charge >= 0.3 is 0 Å². The SMILES string of the molecule is CC1(Oc2cccc3c2NCC3)CCSCC1. The van der Waals surface area contributed by atoms with Crippen LogP contribution >= 0.6 is 11.8 Å². The first kappa shape index (κ1) is 11.3. The van der Waals surface area contributed by atoms with E-state index in [1.165, 1.54) is 22.8 Å². The lowest BCUT2D eigenvalue weighted by atomic mass is 9.99. The van der Waals surface area contributed by atoms with Crippen LogP contribution in [-0.4, -0.2) is 23.7 Å². The minimum atomic E-state index is 0.0324. The molecule has 1 fully saturated rings. The number of benzene rings is 1. The zero-order valence-electron chi connectivity index (χ0n) is 10.3. The monoisotopic (exact) mass is 249 g/mol. The third-order valence-corrected chi connectivity index (χ3v) is 4.70. The van der Waals surface area contributed by atoms with Crippen molar-refractivity contribution in [3.05, 3.63) is 23.8 Å². The van der Waals surface area contributed by atoms with Crippen molar-refractivity contribution in [2.75, 3.05) is 23.4 Å². The topological polar surface area (TPSA) is 21.3 Å². The minimum Gasteiger partial charge on any atom is -0.485 e. The van der Waals surface area contributed by atoms with Crippen LogP contribution in [0.25, 0.3) is 0 Å². The van der Waals surface area contributed by atoms with Crippen LogP contribution in [0.1, 0.15) is 25.3 Å². The van der Waals surface area contributed by atoms with Crippen molar-refractivity contribution in [3.8, 4) is 5.75 Å². The summed E-state index contributed by atoms with van der Waals surface area (Å²) in [6, 6.07) is 6.41. The third-order valence-electron chi connectivity index (χ3n) is 3.72. The number of anilines is 1. The Bertz CT molecular complexity index is 413. The number of hydrogen-bond acceptors (Lipinski definition) is 3. The highest BCUT2D eigenvalue weighted by atomic mass is 32.2. The molecule has 0 radical (unpaired) electrons. The summed E-state index contributed by atoms with van der Waals surface area (Å²) < 4.78 is 6.31. The molecule has 0 saturated carbocycles. The van der Waals surface area contributed by atoms with E-state index in [0.29, 0.717) is 0 Å². The molecule has 0 bridgehead atoms. The van der Waals surface area contributed by atoms with Crippen molar-refractivity contribution in [2.24, 2.45) is 0 Å². The molecule has 1 saturated heterocycles. The van der Waals surface area contributed by atoms with Gasteiger partial charge in [-0.2, -0.15) is 11.8 Å². The molecule has 2 heterocycles. The van der Waals surface area contributed by atoms with Crippen LogP contribution in [0.15, 0.2) is 18.2 Å². The molecule has 0 unspecified atom stereocenters. The predicted molar refractivity (Wildman–Crippen MR) is 74.2 cm³/mol. The van der Waals surface area contributed by atoms with Gasteiger partial charge in [-0.05, 0) is 49.3 Å². The summed E-state index contributed by atoms with van der Waals surface area (Å²) in [5.74, 6) is 3.49. The summed E-state index contributed by atoms with van der Waals surface area (Å²) in [6.45, 7) is 3.29. The summed E-state index contributed by atoms with van der Waals surface area (Å²) in [5, 5.41) is 3.45. The lowest BCUT2D eigenvalue weighted by molar-refractivity contribution is 0.0808. The van der Waals surface area contributed by atoms with E-state index in [1.54, 1.807) is 0 Å². The summed E-state index contributed by atoms with van der Waals surface area (Å²) in [5.41, 5.74) is 2.66. The number of para-hydroxylation sites is 1. The quantitative estimate of drug-likeness (QED) is 0.869. The molecule has 2 nitrogen and oxygen atoms in total. The van der Waals surface area contributed by atoms with E-state index < -0.39 is 0 Å². The van der Waals surface area contributed by atoms with Gasteiger partial charge in [0.05, 0.1) is 5.69 Å². The number of nitrogens with one attached hydrogen (secondary N) is 1. The Morgan fingerprint density at radius 1 is 1.29 bits per heavy atom. The zero-order valence-corrected chi connectivity index (χ0v) is 11.1. The van der Waals surface area contributed by atoms with E-state index in [9.17, 15) is 0 Å². The van der Waals surface area contributed by atoms with Crippen LogP contribution < -0.4 is 10.1 Å². The van der Waals surface area contributed by atoms with E-state index in [4.69, 9.17) is 4.74 Å². The second-order valence-corrected chi connectivity index (χ2v) is 6.36. The molecule has 0 atom stereocenters. The Kier molecular flexibility index (Phi) is 2.95. The van der Waals surface area contributed by atoms with Gasteiger partial charge in [-0.3, -0.25) is 0 Å². The molecular weight excluding hydrogens is 230 g/mol. The Morgan fingerprint density at radius 3 is 2.94 bits per heavy atom. The second-order valence-electron chi connectivity index (χ2n) is 5.13. The second kappa shape index (κ2) is 4.45. The fraction of sp³-hybridized carbons (Fsp3) is 0.571. The van der Waals surface area contributed by atoms with Crippen LogP contribution in [0.2, 0.25) is 0 Å². The molecule has 3 rings (SSSR count). The maximum absolute atomic E-state index is 6.31. The van der Waals surface area contributed by atoms with Crippen molar-refractivity contribution in [1.29, 1.82) is 0 Å². The van der Waals surface area contributed by atoms with Gasteiger partial charge in [0, 0.05) is 6.54 Å². The van der Waals surface area contributed by atoms with Gasteiger partial charge in [-0.25, -0.2) is 0 Å². The maximum atomic E-state index is 6.31. The first-order valence-corrected chi connectivity index (χ1v) is 7.55. The fourth-order valence-corrected chi connectivity index (χ4v) is 3.92. The number of ether oxygens (including phenoxy) is 1. The Labute approximate surface area is 107 Å². The lowest BCUT2D eigenvalue weighted by Crippen LogP contribution is -2.36. The average molecular weight is 249 g/mol. The molecule has 0 amide bonds. The van der Waals surface area contributed by atoms with Gasteiger partial charge in [0.2, 0.25) is 0 Å². The number of hydrogen-bond donors (Lipinski definition) is 1. The van der Waals surface area contributed by atoms with Gasteiger partial charge < -0.3 is 10.1 Å². The molecular formula is C14H19NOS. The summed E-state index contributed by atoms with van der Waals surface area (Å²) in [7, 11) is 0. The number of thioether (sulfide) groups is 1. The summed E-state index contributed by atoms with van der Waals surface area (Å²) >= 11 is 2.04. The van der Waals surface area contributed by atoms with Crippen molar-refractivity contribution in [1.82, 2.24) is 0 Å². The molecule has 1 aromatic carbocycles. The van der Waals surface area contributed by atoms with E-state index in [1.807, 2.05) is 11.8 Å². The zero-order chi connectivity index (χ0) is 11.7. The normalized spacial score (nSPS) is 21.7. The molecule has 0 aromatic heterocycles. The molecule has 0 aliphatic carbocycles. The van der Waals surface area contributed by atoms with Crippen LogP contribution in [0.3, 0.4) is 0 Å². The molecule has 1 aromatic rings. The third kappa shape index (κ3) is 2.25. The van der Waals surface area contributed by atoms with E-state index in [0.717, 1.165) is 31.6 Å². The molecule has 0 spiro atoms. The largest absolute Gasteiger partial charge is 0.485 e. The van der Waals surface area contributed by atoms with Gasteiger partial charge in [-0.1, -0.05) is 12.1 Å². The van der Waals surface area contributed by atoms with Crippen molar-refractivity contribution >= 4 is 17.4 Å². The molecule has 17 heavy (non-hydrogen) atoms. The first-order chi connectivity index (χ1) is 8.27. The standard InChI is InChI=1S/C14H19NOS/c1-14(6-9-17-10-7-14)16-12-4-2-3-11-5-8-15-13(11)12/h2-4,15H,5-10H2,1H3. The maximum Gasteiger partial charge on any atom is 0.143 e. The van der Waals surface area contributed by atoms with Crippen molar-refractivity contribution in [3.63, 3.8) is 0 Å². The van der Waals surface area contributed by atoms with Crippen LogP contribution in [0.4, 0.5) is 5.69 Å². The first-order valence-electron chi connectivity index (χ1n) is 6.39. The van der Waals surface area contributed by atoms with Crippen LogP contribution in [-0.2, 0) is 6.42 Å². The average Bonchev–Trinajstić information content (AvgIpc) is 2.79. The van der Waals surface area contributed by atoms with E-state index in [-0.39, 0.29) is 5.60 Å².